The molecule has 6 nitrogen and oxygen atoms in total. The van der Waals surface area contributed by atoms with Crippen molar-refractivity contribution in [2.45, 2.75) is 25.8 Å². The quantitative estimate of drug-likeness (QED) is 0.612. The molecular weight excluding hydrogens is 352 g/mol. The van der Waals surface area contributed by atoms with E-state index >= 15 is 0 Å². The van der Waals surface area contributed by atoms with Crippen molar-refractivity contribution in [2.24, 2.45) is 0 Å². The van der Waals surface area contributed by atoms with E-state index in [0.29, 0.717) is 11.1 Å². The SMILES string of the molecule is O=C(NNC(=O)c1c[nH]c2ccccc12)c1ccc(CN2CCCCC2)cc1. The van der Waals surface area contributed by atoms with Crippen molar-refractivity contribution >= 4 is 22.7 Å². The Labute approximate surface area is 163 Å². The summed E-state index contributed by atoms with van der Waals surface area (Å²) in [7, 11) is 0. The Morgan fingerprint density at radius 1 is 0.893 bits per heavy atom. The van der Waals surface area contributed by atoms with Gasteiger partial charge in [0.15, 0.2) is 0 Å². The Balaban J connectivity index is 1.33. The van der Waals surface area contributed by atoms with Crippen LogP contribution in [0.3, 0.4) is 0 Å². The minimum atomic E-state index is -0.354. The fourth-order valence-electron chi connectivity index (χ4n) is 3.65. The maximum absolute atomic E-state index is 12.4. The number of nitrogens with one attached hydrogen (secondary N) is 3. The molecule has 0 radical (unpaired) electrons. The second-order valence-corrected chi connectivity index (χ2v) is 7.19. The summed E-state index contributed by atoms with van der Waals surface area (Å²) in [6, 6.07) is 15.1. The number of aromatic nitrogens is 1. The molecule has 1 saturated heterocycles. The number of aromatic amines is 1. The average Bonchev–Trinajstić information content (AvgIpc) is 3.17. The van der Waals surface area contributed by atoms with Crippen LogP contribution >= 0.6 is 0 Å². The fraction of sp³-hybridized carbons (Fsp3) is 0.273. The number of hydrogen-bond donors (Lipinski definition) is 3. The zero-order valence-corrected chi connectivity index (χ0v) is 15.7. The lowest BCUT2D eigenvalue weighted by Gasteiger charge is -2.26. The van der Waals surface area contributed by atoms with Gasteiger partial charge in [0.2, 0.25) is 0 Å². The third-order valence-electron chi connectivity index (χ3n) is 5.19. The van der Waals surface area contributed by atoms with Gasteiger partial charge in [-0.2, -0.15) is 0 Å². The van der Waals surface area contributed by atoms with Crippen LogP contribution in [0.5, 0.6) is 0 Å². The van der Waals surface area contributed by atoms with Gasteiger partial charge in [-0.25, -0.2) is 0 Å². The lowest BCUT2D eigenvalue weighted by atomic mass is 10.1. The molecule has 1 aromatic heterocycles. The van der Waals surface area contributed by atoms with E-state index in [4.69, 9.17) is 0 Å². The third-order valence-corrected chi connectivity index (χ3v) is 5.19. The number of hydrazine groups is 1. The maximum Gasteiger partial charge on any atom is 0.271 e. The number of carbonyl (C=O) groups is 2. The number of amides is 2. The standard InChI is InChI=1S/C22H24N4O2/c27-21(17-10-8-16(9-11-17)15-26-12-4-1-5-13-26)24-25-22(28)19-14-23-20-7-3-2-6-18(19)20/h2-3,6-11,14,23H,1,4-5,12-13,15H2,(H,24,27)(H,25,28). The Morgan fingerprint density at radius 2 is 1.61 bits per heavy atom. The van der Waals surface area contributed by atoms with Crippen LogP contribution in [0.15, 0.2) is 54.7 Å². The number of nitrogens with zero attached hydrogens (tertiary/aromatic N) is 1. The minimum absolute atomic E-state index is 0.335. The number of rotatable bonds is 4. The molecule has 0 atom stereocenters. The zero-order valence-electron chi connectivity index (χ0n) is 15.7. The summed E-state index contributed by atoms with van der Waals surface area (Å²) in [6.07, 6.45) is 5.48. The number of benzene rings is 2. The highest BCUT2D eigenvalue weighted by Crippen LogP contribution is 2.17. The predicted molar refractivity (Wildman–Crippen MR) is 109 cm³/mol. The average molecular weight is 376 g/mol. The number of hydrogen-bond acceptors (Lipinski definition) is 3. The molecule has 0 bridgehead atoms. The number of H-pyrrole nitrogens is 1. The first-order chi connectivity index (χ1) is 13.7. The number of likely N-dealkylation sites (tertiary alicyclic amines) is 1. The normalized spacial score (nSPS) is 14.7. The summed E-state index contributed by atoms with van der Waals surface area (Å²) in [5.41, 5.74) is 8.06. The van der Waals surface area contributed by atoms with E-state index in [2.05, 4.69) is 20.7 Å². The fourth-order valence-corrected chi connectivity index (χ4v) is 3.65. The highest BCUT2D eigenvalue weighted by atomic mass is 16.2. The molecule has 1 fully saturated rings. The largest absolute Gasteiger partial charge is 0.360 e. The molecule has 4 rings (SSSR count). The molecule has 0 aliphatic carbocycles. The van der Waals surface area contributed by atoms with Crippen LogP contribution in [0.4, 0.5) is 0 Å². The highest BCUT2D eigenvalue weighted by Gasteiger charge is 2.14. The molecule has 0 spiro atoms. The summed E-state index contributed by atoms with van der Waals surface area (Å²) >= 11 is 0. The lowest BCUT2D eigenvalue weighted by molar-refractivity contribution is 0.0847. The van der Waals surface area contributed by atoms with E-state index in [0.717, 1.165) is 30.5 Å². The smallest absolute Gasteiger partial charge is 0.271 e. The van der Waals surface area contributed by atoms with Crippen molar-refractivity contribution in [1.29, 1.82) is 0 Å². The lowest BCUT2D eigenvalue weighted by Crippen LogP contribution is -2.41. The monoisotopic (exact) mass is 376 g/mol. The molecule has 2 heterocycles. The van der Waals surface area contributed by atoms with Gasteiger partial charge in [-0.05, 0) is 49.7 Å². The molecule has 0 saturated carbocycles. The Bertz CT molecular complexity index is 972. The van der Waals surface area contributed by atoms with E-state index in [9.17, 15) is 9.59 Å². The molecule has 2 aromatic carbocycles. The summed E-state index contributed by atoms with van der Waals surface area (Å²) in [5.74, 6) is -0.690. The van der Waals surface area contributed by atoms with Crippen LogP contribution in [0.2, 0.25) is 0 Å². The summed E-state index contributed by atoms with van der Waals surface area (Å²) in [6.45, 7) is 3.20. The Kier molecular flexibility index (Phi) is 5.39. The highest BCUT2D eigenvalue weighted by molar-refractivity contribution is 6.07. The van der Waals surface area contributed by atoms with Crippen molar-refractivity contribution in [1.82, 2.24) is 20.7 Å². The van der Waals surface area contributed by atoms with Gasteiger partial charge >= 0.3 is 0 Å². The van der Waals surface area contributed by atoms with Gasteiger partial charge in [0, 0.05) is 29.2 Å². The van der Waals surface area contributed by atoms with Crippen molar-refractivity contribution in [3.8, 4) is 0 Å². The second-order valence-electron chi connectivity index (χ2n) is 7.19. The molecule has 0 unspecified atom stereocenters. The van der Waals surface area contributed by atoms with Gasteiger partial charge in [-0.15, -0.1) is 0 Å². The molecule has 144 valence electrons. The first-order valence-corrected chi connectivity index (χ1v) is 9.69. The van der Waals surface area contributed by atoms with Gasteiger partial charge < -0.3 is 4.98 Å². The summed E-state index contributed by atoms with van der Waals surface area (Å²) in [5, 5.41) is 0.816. The van der Waals surface area contributed by atoms with Gasteiger partial charge in [0.05, 0.1) is 5.56 Å². The van der Waals surface area contributed by atoms with Crippen LogP contribution in [-0.2, 0) is 6.54 Å². The van der Waals surface area contributed by atoms with Gasteiger partial charge in [0.1, 0.15) is 0 Å². The third kappa shape index (κ3) is 4.07. The Hall–Kier alpha value is -3.12. The van der Waals surface area contributed by atoms with Crippen molar-refractivity contribution in [2.75, 3.05) is 13.1 Å². The van der Waals surface area contributed by atoms with E-state index in [1.165, 1.54) is 24.8 Å². The number of fused-ring (bicyclic) bond motifs is 1. The van der Waals surface area contributed by atoms with Gasteiger partial charge in [0.25, 0.3) is 11.8 Å². The molecule has 1 aliphatic heterocycles. The van der Waals surface area contributed by atoms with E-state index in [1.54, 1.807) is 18.3 Å². The zero-order chi connectivity index (χ0) is 19.3. The molecule has 3 aromatic rings. The molecule has 1 aliphatic rings. The summed E-state index contributed by atoms with van der Waals surface area (Å²) in [4.78, 5) is 30.2. The Morgan fingerprint density at radius 3 is 2.39 bits per heavy atom. The maximum atomic E-state index is 12.4. The molecule has 6 heteroatoms. The van der Waals surface area contributed by atoms with E-state index in [1.807, 2.05) is 36.4 Å². The van der Waals surface area contributed by atoms with Crippen LogP contribution in [0, 0.1) is 0 Å². The van der Waals surface area contributed by atoms with Crippen molar-refractivity contribution in [3.63, 3.8) is 0 Å². The molecule has 3 N–H and O–H groups in total. The predicted octanol–water partition coefficient (Wildman–Crippen LogP) is 3.23. The molecule has 2 amide bonds. The summed E-state index contributed by atoms with van der Waals surface area (Å²) < 4.78 is 0. The first kappa shape index (κ1) is 18.3. The number of carbonyl (C=O) groups excluding carboxylic acids is 2. The topological polar surface area (TPSA) is 77.2 Å². The van der Waals surface area contributed by atoms with Crippen LogP contribution in [0.1, 0.15) is 45.5 Å². The van der Waals surface area contributed by atoms with Crippen molar-refractivity contribution < 1.29 is 9.59 Å². The van der Waals surface area contributed by atoms with Gasteiger partial charge in [-0.3, -0.25) is 25.3 Å². The van der Waals surface area contributed by atoms with Gasteiger partial charge in [-0.1, -0.05) is 36.8 Å². The molecular formula is C22H24N4O2. The minimum Gasteiger partial charge on any atom is -0.360 e. The van der Waals surface area contributed by atoms with Crippen molar-refractivity contribution in [3.05, 3.63) is 71.4 Å². The van der Waals surface area contributed by atoms with Crippen LogP contribution in [0.25, 0.3) is 10.9 Å². The van der Waals surface area contributed by atoms with Crippen LogP contribution in [-0.4, -0.2) is 34.8 Å². The number of piperidine rings is 1. The first-order valence-electron chi connectivity index (χ1n) is 9.69. The number of para-hydroxylation sites is 1. The van der Waals surface area contributed by atoms with E-state index < -0.39 is 0 Å². The van der Waals surface area contributed by atoms with E-state index in [-0.39, 0.29) is 11.8 Å². The molecule has 28 heavy (non-hydrogen) atoms. The second kappa shape index (κ2) is 8.27. The van der Waals surface area contributed by atoms with Crippen LogP contribution < -0.4 is 10.9 Å².